The maximum atomic E-state index is 13.0. The second-order valence-corrected chi connectivity index (χ2v) is 15.2. The second kappa shape index (κ2) is 9.39. The van der Waals surface area contributed by atoms with E-state index in [1.54, 1.807) is 6.07 Å². The van der Waals surface area contributed by atoms with Crippen LogP contribution in [-0.2, 0) is 45.8 Å². The number of fused-ring (bicyclic) bond motifs is 4. The molecule has 0 N–H and O–H groups in total. The Morgan fingerprint density at radius 2 is 1.61 bits per heavy atom. The smallest absolute Gasteiger partial charge is 0.261 e. The second-order valence-electron chi connectivity index (χ2n) is 11.7. The van der Waals surface area contributed by atoms with Gasteiger partial charge in [-0.2, -0.15) is 0 Å². The summed E-state index contributed by atoms with van der Waals surface area (Å²) in [4.78, 5) is 2.16. The largest absolute Gasteiger partial charge is 0.768 e. The van der Waals surface area contributed by atoms with Gasteiger partial charge in [0.1, 0.15) is 24.6 Å². The molecular formula is C31H29ClN2O5S2. The average molecular weight is 609 g/mol. The number of halogens is 1. The van der Waals surface area contributed by atoms with Crippen LogP contribution in [0.1, 0.15) is 59.1 Å². The molecule has 0 saturated heterocycles. The van der Waals surface area contributed by atoms with Gasteiger partial charge in [0.25, 0.3) is 9.05 Å². The van der Waals surface area contributed by atoms with Crippen molar-refractivity contribution in [2.75, 3.05) is 31.1 Å². The molecule has 212 valence electrons. The predicted octanol–water partition coefficient (Wildman–Crippen LogP) is 3.29. The molecule has 0 spiro atoms. The number of hydrogen-bond acceptors (Lipinski definition) is 6. The number of benzene rings is 3. The first-order valence-electron chi connectivity index (χ1n) is 14.4. The zero-order valence-electron chi connectivity index (χ0n) is 22.5. The van der Waals surface area contributed by atoms with Crippen molar-refractivity contribution < 1.29 is 21.9 Å². The van der Waals surface area contributed by atoms with Crippen LogP contribution in [0.5, 0.6) is 11.5 Å². The van der Waals surface area contributed by atoms with Gasteiger partial charge in [0.15, 0.2) is 0 Å². The van der Waals surface area contributed by atoms with E-state index in [-0.39, 0.29) is 9.79 Å². The molecule has 0 bridgehead atoms. The number of hydrogen-bond donors (Lipinski definition) is 0. The maximum Gasteiger partial charge on any atom is 0.261 e. The van der Waals surface area contributed by atoms with Crippen molar-refractivity contribution in [3.8, 4) is 11.5 Å². The molecule has 7 nitrogen and oxygen atoms in total. The summed E-state index contributed by atoms with van der Waals surface area (Å²) < 4.78 is 59.2. The van der Waals surface area contributed by atoms with Crippen molar-refractivity contribution in [2.24, 2.45) is 0 Å². The monoisotopic (exact) mass is 608 g/mol. The summed E-state index contributed by atoms with van der Waals surface area (Å²) in [6.07, 6.45) is 7.89. The van der Waals surface area contributed by atoms with E-state index in [1.165, 1.54) is 45.4 Å². The van der Waals surface area contributed by atoms with Crippen LogP contribution in [0.2, 0.25) is 0 Å². The Balaban J connectivity index is 1.55. The first-order chi connectivity index (χ1) is 19.8. The molecule has 10 heteroatoms. The van der Waals surface area contributed by atoms with Gasteiger partial charge in [0.05, 0.1) is 10.5 Å². The minimum atomic E-state index is -4.28. The number of ether oxygens (including phenoxy) is 1. The molecule has 5 aliphatic heterocycles. The van der Waals surface area contributed by atoms with E-state index in [4.69, 9.17) is 15.4 Å². The molecule has 8 rings (SSSR count). The molecule has 1 unspecified atom stereocenters. The maximum absolute atomic E-state index is 13.0. The first kappa shape index (κ1) is 25.9. The van der Waals surface area contributed by atoms with Gasteiger partial charge in [0, 0.05) is 80.2 Å². The third-order valence-electron chi connectivity index (χ3n) is 9.37. The molecular weight excluding hydrogens is 580 g/mol. The summed E-state index contributed by atoms with van der Waals surface area (Å²) >= 11 is -2.60. The molecule has 0 saturated carbocycles. The Morgan fingerprint density at radius 1 is 0.878 bits per heavy atom. The van der Waals surface area contributed by atoms with Gasteiger partial charge in [-0.15, -0.1) is 0 Å². The van der Waals surface area contributed by atoms with Crippen molar-refractivity contribution in [2.45, 2.75) is 61.2 Å². The molecule has 0 aliphatic carbocycles. The SMILES string of the molecule is O=S([O-])c1ccc(C2=c3cc4c5c(c3Oc3c2cc2c6c3CCCN6CCC2)CCC[N+]=5CCC4)c(S(=O)(=O)Cl)c1. The van der Waals surface area contributed by atoms with E-state index < -0.39 is 20.1 Å². The van der Waals surface area contributed by atoms with Crippen LogP contribution in [-0.4, -0.2) is 43.4 Å². The number of nitrogens with zero attached hydrogens (tertiary/aromatic N) is 2. The highest BCUT2D eigenvalue weighted by molar-refractivity contribution is 8.13. The standard InChI is InChI=1S/C31H29ClN2O5S2/c32-41(37,38)26-17-20(40(35)36)9-10-21(26)27-24-15-18-5-1-11-33-13-3-7-22(28(18)33)30(24)39-31-23-8-4-14-34-12-2-6-19(29(23)34)16-25(27)31/h9-10,15-17H,1-8,11-14H2. The van der Waals surface area contributed by atoms with Crippen LogP contribution in [0.15, 0.2) is 40.1 Å². The topological polar surface area (TPSA) is 89.8 Å². The van der Waals surface area contributed by atoms with Crippen LogP contribution in [0.25, 0.3) is 5.57 Å². The van der Waals surface area contributed by atoms with Crippen molar-refractivity contribution in [3.63, 3.8) is 0 Å². The van der Waals surface area contributed by atoms with E-state index in [2.05, 4.69) is 21.6 Å². The highest BCUT2D eigenvalue weighted by Crippen LogP contribution is 2.49. The lowest BCUT2D eigenvalue weighted by Crippen LogP contribution is -2.45. The third kappa shape index (κ3) is 3.96. The fraction of sp³-hybridized carbons (Fsp3) is 0.387. The van der Waals surface area contributed by atoms with Crippen molar-refractivity contribution in [1.82, 2.24) is 4.58 Å². The lowest BCUT2D eigenvalue weighted by atomic mass is 9.82. The van der Waals surface area contributed by atoms with Gasteiger partial charge < -0.3 is 14.2 Å². The van der Waals surface area contributed by atoms with E-state index in [1.807, 2.05) is 0 Å². The lowest BCUT2D eigenvalue weighted by Gasteiger charge is -2.39. The van der Waals surface area contributed by atoms with Gasteiger partial charge in [-0.1, -0.05) is 6.07 Å². The number of anilines is 1. The molecule has 1 atom stereocenters. The number of aryl methyl sites for hydroxylation is 2. The van der Waals surface area contributed by atoms with E-state index >= 15 is 0 Å². The molecule has 0 aromatic heterocycles. The Bertz CT molecular complexity index is 1950. The molecule has 5 aliphatic rings. The summed E-state index contributed by atoms with van der Waals surface area (Å²) in [5, 5.41) is 2.14. The molecule has 0 amide bonds. The summed E-state index contributed by atoms with van der Waals surface area (Å²) in [6.45, 7) is 4.12. The van der Waals surface area contributed by atoms with Crippen molar-refractivity contribution >= 4 is 42.1 Å². The first-order valence-corrected chi connectivity index (χ1v) is 17.8. The quantitative estimate of drug-likeness (QED) is 0.201. The average Bonchev–Trinajstić information content (AvgIpc) is 2.96. The zero-order valence-corrected chi connectivity index (χ0v) is 24.9. The van der Waals surface area contributed by atoms with E-state index in [9.17, 15) is 17.2 Å². The van der Waals surface area contributed by atoms with Gasteiger partial charge in [-0.25, -0.2) is 13.0 Å². The highest BCUT2D eigenvalue weighted by Gasteiger charge is 2.36. The Hall–Kier alpha value is -2.72. The Labute approximate surface area is 245 Å². The van der Waals surface area contributed by atoms with Crippen LogP contribution in [0.3, 0.4) is 0 Å². The third-order valence-corrected chi connectivity index (χ3v) is 11.4. The molecule has 0 fully saturated rings. The molecule has 41 heavy (non-hydrogen) atoms. The molecule has 0 radical (unpaired) electrons. The van der Waals surface area contributed by atoms with E-state index in [0.29, 0.717) is 5.56 Å². The fourth-order valence-electron chi connectivity index (χ4n) is 7.82. The molecule has 3 aromatic carbocycles. The van der Waals surface area contributed by atoms with Crippen LogP contribution in [0.4, 0.5) is 5.69 Å². The highest BCUT2D eigenvalue weighted by atomic mass is 35.7. The predicted molar refractivity (Wildman–Crippen MR) is 157 cm³/mol. The van der Waals surface area contributed by atoms with Gasteiger partial charge in [-0.05, 0) is 79.4 Å². The van der Waals surface area contributed by atoms with E-state index in [0.717, 1.165) is 105 Å². The normalized spacial score (nSPS) is 19.5. The van der Waals surface area contributed by atoms with Crippen molar-refractivity contribution in [1.29, 1.82) is 0 Å². The summed E-state index contributed by atoms with van der Waals surface area (Å²) in [5.41, 5.74) is 8.20. The zero-order chi connectivity index (χ0) is 28.0. The lowest BCUT2D eigenvalue weighted by molar-refractivity contribution is 0.431. The summed E-state index contributed by atoms with van der Waals surface area (Å²) in [7, 11) is 1.75. The van der Waals surface area contributed by atoms with Gasteiger partial charge >= 0.3 is 0 Å². The summed E-state index contributed by atoms with van der Waals surface area (Å²) in [6, 6.07) is 8.61. The number of rotatable bonds is 3. The minimum Gasteiger partial charge on any atom is -0.768 e. The summed E-state index contributed by atoms with van der Waals surface area (Å²) in [5.74, 6) is 1.60. The molecule has 3 aromatic rings. The Morgan fingerprint density at radius 3 is 2.39 bits per heavy atom. The van der Waals surface area contributed by atoms with Crippen LogP contribution >= 0.6 is 10.7 Å². The van der Waals surface area contributed by atoms with Crippen LogP contribution in [0, 0.1) is 0 Å². The fourth-order valence-corrected chi connectivity index (χ4v) is 9.37. The van der Waals surface area contributed by atoms with Gasteiger partial charge in [-0.3, -0.25) is 4.21 Å². The van der Waals surface area contributed by atoms with Crippen molar-refractivity contribution in [3.05, 3.63) is 74.3 Å². The Kier molecular flexibility index (Phi) is 5.94. The van der Waals surface area contributed by atoms with Gasteiger partial charge in [0.2, 0.25) is 5.36 Å². The van der Waals surface area contributed by atoms with Crippen LogP contribution < -0.4 is 24.8 Å². The molecule has 5 heterocycles. The minimum absolute atomic E-state index is 0.117.